The van der Waals surface area contributed by atoms with Gasteiger partial charge in [-0.05, 0) is 19.1 Å². The van der Waals surface area contributed by atoms with Gasteiger partial charge >= 0.3 is 0 Å². The molecule has 2 aromatic rings. The van der Waals surface area contributed by atoms with Gasteiger partial charge in [-0.1, -0.05) is 50.0 Å². The summed E-state index contributed by atoms with van der Waals surface area (Å²) in [4.78, 5) is 4.75. The average Bonchev–Trinajstić information content (AvgIpc) is 2.76. The number of imidazole rings is 1. The van der Waals surface area contributed by atoms with Gasteiger partial charge in [0.1, 0.15) is 5.82 Å². The fraction of sp³-hybridized carbons (Fsp3) is 0.400. The molecule has 0 aliphatic carbocycles. The summed E-state index contributed by atoms with van der Waals surface area (Å²) in [7, 11) is 0. The van der Waals surface area contributed by atoms with Crippen LogP contribution < -0.4 is 0 Å². The summed E-state index contributed by atoms with van der Waals surface area (Å²) in [5, 5.41) is 1.12. The average molecular weight is 297 g/mol. The molecule has 2 nitrogen and oxygen atoms in total. The van der Waals surface area contributed by atoms with Crippen LogP contribution in [0.2, 0.25) is 10.0 Å². The summed E-state index contributed by atoms with van der Waals surface area (Å²) >= 11 is 12.0. The van der Waals surface area contributed by atoms with E-state index in [-0.39, 0.29) is 5.41 Å². The van der Waals surface area contributed by atoms with E-state index in [1.807, 2.05) is 12.1 Å². The van der Waals surface area contributed by atoms with Crippen molar-refractivity contribution in [2.75, 3.05) is 0 Å². The number of rotatable bonds is 2. The van der Waals surface area contributed by atoms with E-state index < -0.39 is 0 Å². The second kappa shape index (κ2) is 5.18. The molecule has 0 unspecified atom stereocenters. The zero-order chi connectivity index (χ0) is 14.2. The van der Waals surface area contributed by atoms with Gasteiger partial charge in [0, 0.05) is 23.7 Å². The minimum atomic E-state index is 0.0183. The largest absolute Gasteiger partial charge is 0.334 e. The predicted octanol–water partition coefficient (Wildman–Crippen LogP) is 5.17. The van der Waals surface area contributed by atoms with Gasteiger partial charge in [0.15, 0.2) is 0 Å². The lowest BCUT2D eigenvalue weighted by Crippen LogP contribution is -2.18. The van der Waals surface area contributed by atoms with Crippen molar-refractivity contribution < 1.29 is 0 Å². The summed E-state index contributed by atoms with van der Waals surface area (Å²) in [6, 6.07) is 5.61. The molecule has 1 aromatic carbocycles. The molecular formula is C15H18Cl2N2. The number of halogens is 2. The number of hydrogen-bond donors (Lipinski definition) is 0. The fourth-order valence-electron chi connectivity index (χ4n) is 2.05. The SMILES string of the molecule is CCn1cc(-c2ccc(Cl)c(Cl)c2)nc1C(C)(C)C. The van der Waals surface area contributed by atoms with Crippen molar-refractivity contribution >= 4 is 23.2 Å². The molecule has 0 saturated heterocycles. The first-order valence-electron chi connectivity index (χ1n) is 6.36. The molecule has 1 heterocycles. The van der Waals surface area contributed by atoms with Crippen LogP contribution in [0.15, 0.2) is 24.4 Å². The molecule has 0 amide bonds. The Morgan fingerprint density at radius 1 is 1.16 bits per heavy atom. The molecular weight excluding hydrogens is 279 g/mol. The van der Waals surface area contributed by atoms with Crippen LogP contribution >= 0.6 is 23.2 Å². The molecule has 2 rings (SSSR count). The van der Waals surface area contributed by atoms with Gasteiger partial charge < -0.3 is 4.57 Å². The van der Waals surface area contributed by atoms with Crippen molar-refractivity contribution in [3.05, 3.63) is 40.3 Å². The van der Waals surface area contributed by atoms with E-state index in [0.717, 1.165) is 23.6 Å². The quantitative estimate of drug-likeness (QED) is 0.747. The van der Waals surface area contributed by atoms with E-state index in [1.54, 1.807) is 6.07 Å². The highest BCUT2D eigenvalue weighted by Gasteiger charge is 2.21. The van der Waals surface area contributed by atoms with Crippen LogP contribution in [0.25, 0.3) is 11.3 Å². The maximum absolute atomic E-state index is 6.07. The summed E-state index contributed by atoms with van der Waals surface area (Å²) in [5.41, 5.74) is 1.95. The summed E-state index contributed by atoms with van der Waals surface area (Å²) in [6.07, 6.45) is 2.07. The van der Waals surface area contributed by atoms with Crippen molar-refractivity contribution in [1.82, 2.24) is 9.55 Å². The lowest BCUT2D eigenvalue weighted by molar-refractivity contribution is 0.506. The van der Waals surface area contributed by atoms with Gasteiger partial charge in [0.2, 0.25) is 0 Å². The van der Waals surface area contributed by atoms with Gasteiger partial charge in [-0.25, -0.2) is 4.98 Å². The van der Waals surface area contributed by atoms with E-state index in [4.69, 9.17) is 28.2 Å². The number of hydrogen-bond acceptors (Lipinski definition) is 1. The van der Waals surface area contributed by atoms with Gasteiger partial charge in [-0.2, -0.15) is 0 Å². The second-order valence-corrected chi connectivity index (χ2v) is 6.43. The Morgan fingerprint density at radius 2 is 1.84 bits per heavy atom. The van der Waals surface area contributed by atoms with E-state index in [9.17, 15) is 0 Å². The third-order valence-corrected chi connectivity index (χ3v) is 3.74. The molecule has 0 bridgehead atoms. The highest BCUT2D eigenvalue weighted by molar-refractivity contribution is 6.42. The van der Waals surface area contributed by atoms with Gasteiger partial charge in [-0.15, -0.1) is 0 Å². The van der Waals surface area contributed by atoms with E-state index in [2.05, 4.69) is 38.5 Å². The zero-order valence-corrected chi connectivity index (χ0v) is 13.2. The first kappa shape index (κ1) is 14.4. The smallest absolute Gasteiger partial charge is 0.114 e. The van der Waals surface area contributed by atoms with Crippen LogP contribution in [0.5, 0.6) is 0 Å². The summed E-state index contributed by atoms with van der Waals surface area (Å²) in [5.74, 6) is 1.08. The normalized spacial score (nSPS) is 11.9. The number of aromatic nitrogens is 2. The predicted molar refractivity (Wildman–Crippen MR) is 82.1 cm³/mol. The minimum absolute atomic E-state index is 0.0183. The Bertz CT molecular complexity index is 595. The molecule has 4 heteroatoms. The number of benzene rings is 1. The molecule has 0 N–H and O–H groups in total. The third-order valence-electron chi connectivity index (χ3n) is 3.00. The van der Waals surface area contributed by atoms with Crippen molar-refractivity contribution in [2.45, 2.75) is 39.7 Å². The Balaban J connectivity index is 2.51. The molecule has 0 spiro atoms. The lowest BCUT2D eigenvalue weighted by atomic mass is 9.96. The molecule has 0 saturated carbocycles. The number of aryl methyl sites for hydroxylation is 1. The summed E-state index contributed by atoms with van der Waals surface area (Å²) < 4.78 is 2.18. The lowest BCUT2D eigenvalue weighted by Gasteiger charge is -2.18. The van der Waals surface area contributed by atoms with E-state index in [1.165, 1.54) is 0 Å². The van der Waals surface area contributed by atoms with E-state index in [0.29, 0.717) is 10.0 Å². The maximum atomic E-state index is 6.07. The van der Waals surface area contributed by atoms with Crippen LogP contribution in [0, 0.1) is 0 Å². The van der Waals surface area contributed by atoms with Crippen molar-refractivity contribution in [3.63, 3.8) is 0 Å². The molecule has 0 radical (unpaired) electrons. The van der Waals surface area contributed by atoms with Crippen molar-refractivity contribution in [3.8, 4) is 11.3 Å². The Hall–Kier alpha value is -0.990. The van der Waals surface area contributed by atoms with Crippen LogP contribution in [-0.2, 0) is 12.0 Å². The van der Waals surface area contributed by atoms with Gasteiger partial charge in [0.25, 0.3) is 0 Å². The Labute approximate surface area is 124 Å². The minimum Gasteiger partial charge on any atom is -0.334 e. The zero-order valence-electron chi connectivity index (χ0n) is 11.7. The summed E-state index contributed by atoms with van der Waals surface area (Å²) in [6.45, 7) is 9.52. The molecule has 0 atom stereocenters. The van der Waals surface area contributed by atoms with Crippen LogP contribution in [0.3, 0.4) is 0 Å². The topological polar surface area (TPSA) is 17.8 Å². The van der Waals surface area contributed by atoms with Crippen molar-refractivity contribution in [1.29, 1.82) is 0 Å². The monoisotopic (exact) mass is 296 g/mol. The molecule has 0 aliphatic rings. The molecule has 1 aromatic heterocycles. The Morgan fingerprint density at radius 3 is 2.32 bits per heavy atom. The molecule has 0 aliphatic heterocycles. The molecule has 19 heavy (non-hydrogen) atoms. The molecule has 102 valence electrons. The first-order chi connectivity index (χ1) is 8.82. The van der Waals surface area contributed by atoms with Crippen molar-refractivity contribution in [2.24, 2.45) is 0 Å². The second-order valence-electron chi connectivity index (χ2n) is 5.61. The van der Waals surface area contributed by atoms with Crippen LogP contribution in [0.1, 0.15) is 33.5 Å². The molecule has 0 fully saturated rings. The van der Waals surface area contributed by atoms with Gasteiger partial charge in [-0.3, -0.25) is 0 Å². The fourth-order valence-corrected chi connectivity index (χ4v) is 2.35. The van der Waals surface area contributed by atoms with E-state index >= 15 is 0 Å². The van der Waals surface area contributed by atoms with Gasteiger partial charge in [0.05, 0.1) is 15.7 Å². The highest BCUT2D eigenvalue weighted by atomic mass is 35.5. The maximum Gasteiger partial charge on any atom is 0.114 e. The third kappa shape index (κ3) is 2.96. The number of nitrogens with zero attached hydrogens (tertiary/aromatic N) is 2. The standard InChI is InChI=1S/C15H18Cl2N2/c1-5-19-9-13(18-14(19)15(2,3)4)10-6-7-11(16)12(17)8-10/h6-9H,5H2,1-4H3. The first-order valence-corrected chi connectivity index (χ1v) is 7.11. The van der Waals surface area contributed by atoms with Crippen LogP contribution in [-0.4, -0.2) is 9.55 Å². The highest BCUT2D eigenvalue weighted by Crippen LogP contribution is 2.30. The van der Waals surface area contributed by atoms with Crippen LogP contribution in [0.4, 0.5) is 0 Å². The Kier molecular flexibility index (Phi) is 3.93.